The Labute approximate surface area is 78.8 Å². The fourth-order valence-corrected chi connectivity index (χ4v) is 1.26. The maximum atomic E-state index is 5.82. The van der Waals surface area contributed by atoms with Crippen LogP contribution in [0.5, 0.6) is 0 Å². The van der Waals surface area contributed by atoms with E-state index in [9.17, 15) is 0 Å². The lowest BCUT2D eigenvalue weighted by atomic mass is 10.1. The van der Waals surface area contributed by atoms with Crippen LogP contribution in [0.1, 0.15) is 25.5 Å². The molecule has 1 heterocycles. The molecule has 0 radical (unpaired) electrons. The molecule has 0 fully saturated rings. The highest BCUT2D eigenvalue weighted by Gasteiger charge is 1.97. The van der Waals surface area contributed by atoms with Gasteiger partial charge in [0.2, 0.25) is 0 Å². The minimum atomic E-state index is 0.286. The zero-order valence-electron chi connectivity index (χ0n) is 7.33. The van der Waals surface area contributed by atoms with Gasteiger partial charge in [0.05, 0.1) is 0 Å². The topological polar surface area (TPSA) is 12.9 Å². The van der Waals surface area contributed by atoms with Crippen molar-refractivity contribution in [3.63, 3.8) is 0 Å². The molecule has 0 saturated heterocycles. The van der Waals surface area contributed by atoms with Gasteiger partial charge in [-0.1, -0.05) is 6.07 Å². The van der Waals surface area contributed by atoms with Gasteiger partial charge < -0.3 is 0 Å². The van der Waals surface area contributed by atoms with Crippen LogP contribution in [0.3, 0.4) is 0 Å². The van der Waals surface area contributed by atoms with E-state index in [-0.39, 0.29) is 5.38 Å². The smallest absolute Gasteiger partial charge is 0.0403 e. The van der Waals surface area contributed by atoms with Crippen molar-refractivity contribution >= 4 is 11.6 Å². The predicted octanol–water partition coefficient (Wildman–Crippen LogP) is 3.03. The third-order valence-corrected chi connectivity index (χ3v) is 1.98. The van der Waals surface area contributed by atoms with Crippen molar-refractivity contribution in [2.75, 3.05) is 0 Å². The Kier molecular flexibility index (Phi) is 4.09. The summed E-state index contributed by atoms with van der Waals surface area (Å²) < 4.78 is 0. The number of hydrogen-bond donors (Lipinski definition) is 0. The highest BCUT2D eigenvalue weighted by molar-refractivity contribution is 6.20. The van der Waals surface area contributed by atoms with Crippen LogP contribution in [0, 0.1) is 0 Å². The van der Waals surface area contributed by atoms with Crippen LogP contribution in [-0.2, 0) is 6.42 Å². The fourth-order valence-electron chi connectivity index (χ4n) is 1.11. The lowest BCUT2D eigenvalue weighted by Crippen LogP contribution is -1.94. The van der Waals surface area contributed by atoms with E-state index in [0.717, 1.165) is 25.0 Å². The molecule has 1 rings (SSSR count). The van der Waals surface area contributed by atoms with Crippen LogP contribution in [0.4, 0.5) is 0 Å². The van der Waals surface area contributed by atoms with Crippen LogP contribution in [0.2, 0.25) is 0 Å². The van der Waals surface area contributed by atoms with E-state index in [0.29, 0.717) is 0 Å². The summed E-state index contributed by atoms with van der Waals surface area (Å²) in [6.07, 6.45) is 5.07. The third-order valence-electron chi connectivity index (χ3n) is 1.76. The molecule has 0 aliphatic heterocycles. The number of hydrogen-bond acceptors (Lipinski definition) is 1. The van der Waals surface area contributed by atoms with Gasteiger partial charge in [-0.25, -0.2) is 0 Å². The maximum absolute atomic E-state index is 5.82. The number of rotatable bonds is 4. The van der Waals surface area contributed by atoms with E-state index in [4.69, 9.17) is 11.6 Å². The Balaban J connectivity index is 2.25. The van der Waals surface area contributed by atoms with Crippen LogP contribution >= 0.6 is 11.6 Å². The summed E-state index contributed by atoms with van der Waals surface area (Å²) in [4.78, 5) is 4.23. The number of halogens is 1. The zero-order chi connectivity index (χ0) is 8.81. The summed E-state index contributed by atoms with van der Waals surface area (Å²) in [6.45, 7) is 2.03. The van der Waals surface area contributed by atoms with Crippen LogP contribution < -0.4 is 0 Å². The molecule has 2 heteroatoms. The zero-order valence-corrected chi connectivity index (χ0v) is 8.09. The van der Waals surface area contributed by atoms with Crippen molar-refractivity contribution in [1.82, 2.24) is 4.98 Å². The highest BCUT2D eigenvalue weighted by Crippen LogP contribution is 2.07. The van der Waals surface area contributed by atoms with Gasteiger partial charge in [0.25, 0.3) is 0 Å². The van der Waals surface area contributed by atoms with Crippen molar-refractivity contribution < 1.29 is 0 Å². The minimum absolute atomic E-state index is 0.286. The SMILES string of the molecule is CC(Cl)CCCc1ccccn1. The van der Waals surface area contributed by atoms with Crippen molar-refractivity contribution in [2.45, 2.75) is 31.6 Å². The van der Waals surface area contributed by atoms with Gasteiger partial charge in [-0.3, -0.25) is 4.98 Å². The van der Waals surface area contributed by atoms with Crippen LogP contribution in [0.25, 0.3) is 0 Å². The second-order valence-electron chi connectivity index (χ2n) is 2.99. The molecule has 0 aromatic carbocycles. The highest BCUT2D eigenvalue weighted by atomic mass is 35.5. The molecule has 0 spiro atoms. The second-order valence-corrected chi connectivity index (χ2v) is 3.74. The molecule has 0 N–H and O–H groups in total. The second kappa shape index (κ2) is 5.15. The lowest BCUT2D eigenvalue weighted by Gasteiger charge is -2.01. The molecule has 0 saturated carbocycles. The number of aryl methyl sites for hydroxylation is 1. The fraction of sp³-hybridized carbons (Fsp3) is 0.500. The van der Waals surface area contributed by atoms with Gasteiger partial charge in [-0.2, -0.15) is 0 Å². The average molecular weight is 184 g/mol. The quantitative estimate of drug-likeness (QED) is 0.654. The number of aromatic nitrogens is 1. The molecule has 1 aromatic rings. The van der Waals surface area contributed by atoms with Crippen molar-refractivity contribution in [3.8, 4) is 0 Å². The Morgan fingerprint density at radius 3 is 2.92 bits per heavy atom. The monoisotopic (exact) mass is 183 g/mol. The first-order valence-electron chi connectivity index (χ1n) is 4.33. The first kappa shape index (κ1) is 9.53. The van der Waals surface area contributed by atoms with E-state index < -0.39 is 0 Å². The Morgan fingerprint density at radius 1 is 1.50 bits per heavy atom. The van der Waals surface area contributed by atoms with E-state index in [2.05, 4.69) is 11.1 Å². The Hall–Kier alpha value is -0.560. The minimum Gasteiger partial charge on any atom is -0.261 e. The van der Waals surface area contributed by atoms with Gasteiger partial charge in [-0.05, 0) is 38.3 Å². The summed E-state index contributed by atoms with van der Waals surface area (Å²) in [5.41, 5.74) is 1.16. The van der Waals surface area contributed by atoms with Crippen molar-refractivity contribution in [1.29, 1.82) is 0 Å². The molecule has 66 valence electrons. The molecule has 1 aromatic heterocycles. The first-order chi connectivity index (χ1) is 5.79. The Morgan fingerprint density at radius 2 is 2.33 bits per heavy atom. The third kappa shape index (κ3) is 3.72. The molecule has 0 amide bonds. The molecule has 1 nitrogen and oxygen atoms in total. The van der Waals surface area contributed by atoms with E-state index in [1.807, 2.05) is 25.3 Å². The first-order valence-corrected chi connectivity index (χ1v) is 4.76. The summed E-state index contributed by atoms with van der Waals surface area (Å²) in [7, 11) is 0. The standard InChI is InChI=1S/C10H14ClN/c1-9(11)5-4-7-10-6-2-3-8-12-10/h2-3,6,8-9H,4-5,7H2,1H3. The molecular weight excluding hydrogens is 170 g/mol. The normalized spacial score (nSPS) is 12.8. The molecule has 1 atom stereocenters. The van der Waals surface area contributed by atoms with E-state index in [1.165, 1.54) is 0 Å². The van der Waals surface area contributed by atoms with Gasteiger partial charge in [-0.15, -0.1) is 11.6 Å². The van der Waals surface area contributed by atoms with Gasteiger partial charge in [0.1, 0.15) is 0 Å². The summed E-state index contributed by atoms with van der Waals surface area (Å²) in [6, 6.07) is 6.01. The Bertz CT molecular complexity index is 208. The molecule has 0 aliphatic carbocycles. The van der Waals surface area contributed by atoms with E-state index >= 15 is 0 Å². The lowest BCUT2D eigenvalue weighted by molar-refractivity contribution is 0.713. The van der Waals surface area contributed by atoms with Gasteiger partial charge in [0, 0.05) is 17.3 Å². The summed E-state index contributed by atoms with van der Waals surface area (Å²) in [5.74, 6) is 0. The number of pyridine rings is 1. The molecule has 12 heavy (non-hydrogen) atoms. The largest absolute Gasteiger partial charge is 0.261 e. The molecule has 0 aliphatic rings. The number of alkyl halides is 1. The van der Waals surface area contributed by atoms with Gasteiger partial charge in [0.15, 0.2) is 0 Å². The predicted molar refractivity (Wildman–Crippen MR) is 52.5 cm³/mol. The summed E-state index contributed by atoms with van der Waals surface area (Å²) in [5, 5.41) is 0.286. The molecular formula is C10H14ClN. The van der Waals surface area contributed by atoms with Crippen molar-refractivity contribution in [3.05, 3.63) is 30.1 Å². The average Bonchev–Trinajstić information content (AvgIpc) is 2.05. The maximum Gasteiger partial charge on any atom is 0.0403 e. The van der Waals surface area contributed by atoms with Crippen LogP contribution in [0.15, 0.2) is 24.4 Å². The van der Waals surface area contributed by atoms with Crippen molar-refractivity contribution in [2.24, 2.45) is 0 Å². The summed E-state index contributed by atoms with van der Waals surface area (Å²) >= 11 is 5.82. The number of nitrogens with zero attached hydrogens (tertiary/aromatic N) is 1. The van der Waals surface area contributed by atoms with Crippen LogP contribution in [-0.4, -0.2) is 10.4 Å². The van der Waals surface area contributed by atoms with E-state index in [1.54, 1.807) is 0 Å². The molecule has 1 unspecified atom stereocenters. The molecule has 0 bridgehead atoms. The van der Waals surface area contributed by atoms with Gasteiger partial charge >= 0.3 is 0 Å².